The minimum Gasteiger partial charge on any atom is -0.332 e. The molecule has 0 N–H and O–H groups in total. The van der Waals surface area contributed by atoms with E-state index >= 15 is 0 Å². The Kier molecular flexibility index (Phi) is 5.03. The van der Waals surface area contributed by atoms with Crippen LogP contribution in [0.2, 0.25) is 0 Å². The van der Waals surface area contributed by atoms with Crippen molar-refractivity contribution in [2.24, 2.45) is 0 Å². The van der Waals surface area contributed by atoms with E-state index in [1.54, 1.807) is 29.3 Å². The molecule has 3 heterocycles. The number of rotatable bonds is 5. The molecule has 1 saturated heterocycles. The number of benzene rings is 1. The predicted octanol–water partition coefficient (Wildman–Crippen LogP) is 1.67. The van der Waals surface area contributed by atoms with Gasteiger partial charge in [-0.25, -0.2) is 13.1 Å². The number of amides is 1. The third-order valence-electron chi connectivity index (χ3n) is 4.92. The van der Waals surface area contributed by atoms with Gasteiger partial charge >= 0.3 is 0 Å². The molecule has 0 saturated carbocycles. The highest BCUT2D eigenvalue weighted by Crippen LogP contribution is 2.22. The van der Waals surface area contributed by atoms with Gasteiger partial charge in [-0.1, -0.05) is 24.3 Å². The molecule has 0 bridgehead atoms. The van der Waals surface area contributed by atoms with Crippen molar-refractivity contribution >= 4 is 37.9 Å². The average molecular weight is 418 g/mol. The maximum atomic E-state index is 13.1. The molecule has 3 aromatic rings. The molecule has 0 aliphatic carbocycles. The van der Waals surface area contributed by atoms with Gasteiger partial charge in [0.05, 0.1) is 29.6 Å². The quantitative estimate of drug-likeness (QED) is 0.630. The topological polar surface area (TPSA) is 89.3 Å². The molecular formula is C19H19N3O4S2. The molecule has 1 atom stereocenters. The van der Waals surface area contributed by atoms with E-state index in [1.165, 1.54) is 11.3 Å². The number of thiophene rings is 1. The monoisotopic (exact) mass is 417 g/mol. The lowest BCUT2D eigenvalue weighted by molar-refractivity contribution is -0.134. The first-order chi connectivity index (χ1) is 13.4. The van der Waals surface area contributed by atoms with E-state index < -0.39 is 9.84 Å². The lowest BCUT2D eigenvalue weighted by Crippen LogP contribution is -2.43. The summed E-state index contributed by atoms with van der Waals surface area (Å²) in [6.07, 6.45) is 1.98. The van der Waals surface area contributed by atoms with Gasteiger partial charge in [-0.05, 0) is 23.9 Å². The van der Waals surface area contributed by atoms with Crippen LogP contribution in [0.5, 0.6) is 0 Å². The zero-order chi connectivity index (χ0) is 19.7. The Hall–Kier alpha value is -2.52. The smallest absolute Gasteiger partial charge is 0.275 e. The van der Waals surface area contributed by atoms with Gasteiger partial charge in [0.1, 0.15) is 6.54 Å². The number of hydrogen-bond donors (Lipinski definition) is 0. The van der Waals surface area contributed by atoms with Gasteiger partial charge in [0.15, 0.2) is 9.84 Å². The minimum atomic E-state index is -3.14. The van der Waals surface area contributed by atoms with Crippen molar-refractivity contribution in [3.8, 4) is 0 Å². The second kappa shape index (κ2) is 7.48. The Labute approximate surface area is 166 Å². The number of sulfone groups is 1. The van der Waals surface area contributed by atoms with Crippen LogP contribution >= 0.6 is 11.3 Å². The maximum absolute atomic E-state index is 13.1. The SMILES string of the molecule is O=C(Cn1ncc2ccccc2c1=O)N(Cc1cccs1)[C@@H]1CCS(=O)(=O)C1. The highest BCUT2D eigenvalue weighted by atomic mass is 32.2. The fourth-order valence-corrected chi connectivity index (χ4v) is 5.91. The van der Waals surface area contributed by atoms with E-state index in [4.69, 9.17) is 0 Å². The van der Waals surface area contributed by atoms with Crippen LogP contribution in [0.4, 0.5) is 0 Å². The number of carbonyl (C=O) groups is 1. The summed E-state index contributed by atoms with van der Waals surface area (Å²) >= 11 is 1.51. The molecule has 1 aliphatic heterocycles. The van der Waals surface area contributed by atoms with Crippen LogP contribution in [-0.2, 0) is 27.7 Å². The molecule has 1 fully saturated rings. The van der Waals surface area contributed by atoms with Crippen molar-refractivity contribution in [3.63, 3.8) is 0 Å². The Bertz CT molecular complexity index is 1170. The minimum absolute atomic E-state index is 0.0375. The van der Waals surface area contributed by atoms with Crippen molar-refractivity contribution in [3.05, 3.63) is 63.2 Å². The largest absolute Gasteiger partial charge is 0.332 e. The van der Waals surface area contributed by atoms with E-state index in [1.807, 2.05) is 23.6 Å². The van der Waals surface area contributed by atoms with Crippen LogP contribution in [0.1, 0.15) is 11.3 Å². The number of carbonyl (C=O) groups excluding carboxylic acids is 1. The lowest BCUT2D eigenvalue weighted by atomic mass is 10.2. The van der Waals surface area contributed by atoms with Crippen LogP contribution in [0.15, 0.2) is 52.8 Å². The number of aromatic nitrogens is 2. The fraction of sp³-hybridized carbons (Fsp3) is 0.316. The highest BCUT2D eigenvalue weighted by molar-refractivity contribution is 7.91. The van der Waals surface area contributed by atoms with Crippen LogP contribution < -0.4 is 5.56 Å². The normalized spacial score (nSPS) is 18.4. The summed E-state index contributed by atoms with van der Waals surface area (Å²) in [7, 11) is -3.14. The van der Waals surface area contributed by atoms with Gasteiger partial charge in [0, 0.05) is 16.3 Å². The number of hydrogen-bond acceptors (Lipinski definition) is 6. The van der Waals surface area contributed by atoms with Crippen molar-refractivity contribution in [1.29, 1.82) is 0 Å². The molecule has 28 heavy (non-hydrogen) atoms. The van der Waals surface area contributed by atoms with Crippen molar-refractivity contribution in [2.45, 2.75) is 25.6 Å². The molecule has 0 spiro atoms. The first-order valence-electron chi connectivity index (χ1n) is 8.90. The molecule has 1 aliphatic rings. The summed E-state index contributed by atoms with van der Waals surface area (Å²) in [5.41, 5.74) is -0.332. The molecule has 4 rings (SSSR count). The number of fused-ring (bicyclic) bond motifs is 1. The van der Waals surface area contributed by atoms with Crippen molar-refractivity contribution in [1.82, 2.24) is 14.7 Å². The molecule has 1 amide bonds. The summed E-state index contributed by atoms with van der Waals surface area (Å²) in [6, 6.07) is 10.5. The first kappa shape index (κ1) is 18.8. The third-order valence-corrected chi connectivity index (χ3v) is 7.53. The molecule has 146 valence electrons. The van der Waals surface area contributed by atoms with Gasteiger partial charge < -0.3 is 4.90 Å². The Morgan fingerprint density at radius 3 is 2.79 bits per heavy atom. The van der Waals surface area contributed by atoms with Crippen LogP contribution in [0.3, 0.4) is 0 Å². The summed E-state index contributed by atoms with van der Waals surface area (Å²) in [4.78, 5) is 28.3. The van der Waals surface area contributed by atoms with Crippen LogP contribution in [-0.4, -0.2) is 46.6 Å². The van der Waals surface area contributed by atoms with Gasteiger partial charge in [0.25, 0.3) is 5.56 Å². The van der Waals surface area contributed by atoms with E-state index in [-0.39, 0.29) is 35.6 Å². The molecule has 2 aromatic heterocycles. The molecule has 7 nitrogen and oxygen atoms in total. The second-order valence-electron chi connectivity index (χ2n) is 6.85. The lowest BCUT2D eigenvalue weighted by Gasteiger charge is -2.28. The Morgan fingerprint density at radius 2 is 2.07 bits per heavy atom. The molecular weight excluding hydrogens is 398 g/mol. The standard InChI is InChI=1S/C19H19N3O4S2/c23-18(12-22-19(24)17-6-2-1-4-14(17)10-20-22)21(11-16-5-3-8-27-16)15-7-9-28(25,26)13-15/h1-6,8,10,15H,7,9,11-13H2/t15-/m1/s1. The first-order valence-corrected chi connectivity index (χ1v) is 11.6. The molecule has 1 aromatic carbocycles. The van der Waals surface area contributed by atoms with E-state index in [0.29, 0.717) is 23.7 Å². The van der Waals surface area contributed by atoms with Crippen LogP contribution in [0, 0.1) is 0 Å². The molecule has 9 heteroatoms. The Balaban J connectivity index is 1.62. The predicted molar refractivity (Wildman–Crippen MR) is 108 cm³/mol. The summed E-state index contributed by atoms with van der Waals surface area (Å²) < 4.78 is 25.0. The average Bonchev–Trinajstić information content (AvgIpc) is 3.31. The van der Waals surface area contributed by atoms with Gasteiger partial charge in [0.2, 0.25) is 5.91 Å². The van der Waals surface area contributed by atoms with Gasteiger partial charge in [-0.15, -0.1) is 11.3 Å². The number of nitrogens with zero attached hydrogens (tertiary/aromatic N) is 3. The second-order valence-corrected chi connectivity index (χ2v) is 10.1. The van der Waals surface area contributed by atoms with E-state index in [9.17, 15) is 18.0 Å². The third kappa shape index (κ3) is 3.85. The summed E-state index contributed by atoms with van der Waals surface area (Å²) in [6.45, 7) is 0.116. The fourth-order valence-electron chi connectivity index (χ4n) is 3.47. The summed E-state index contributed by atoms with van der Waals surface area (Å²) in [5, 5.41) is 7.25. The zero-order valence-electron chi connectivity index (χ0n) is 15.0. The molecule has 0 radical (unpaired) electrons. The molecule has 0 unspecified atom stereocenters. The van der Waals surface area contributed by atoms with E-state index in [0.717, 1.165) is 9.56 Å². The van der Waals surface area contributed by atoms with E-state index in [2.05, 4.69) is 5.10 Å². The van der Waals surface area contributed by atoms with Crippen LogP contribution in [0.25, 0.3) is 10.8 Å². The van der Waals surface area contributed by atoms with Gasteiger partial charge in [-0.3, -0.25) is 9.59 Å². The Morgan fingerprint density at radius 1 is 1.25 bits per heavy atom. The summed E-state index contributed by atoms with van der Waals surface area (Å²) in [5.74, 6) is -0.259. The van der Waals surface area contributed by atoms with Gasteiger partial charge in [-0.2, -0.15) is 5.10 Å². The van der Waals surface area contributed by atoms with Crippen molar-refractivity contribution < 1.29 is 13.2 Å². The maximum Gasteiger partial charge on any atom is 0.275 e. The zero-order valence-corrected chi connectivity index (χ0v) is 16.7. The highest BCUT2D eigenvalue weighted by Gasteiger charge is 2.35. The van der Waals surface area contributed by atoms with Crippen molar-refractivity contribution in [2.75, 3.05) is 11.5 Å².